The van der Waals surface area contributed by atoms with Crippen molar-refractivity contribution in [2.24, 2.45) is 0 Å². The first-order valence-electron chi connectivity index (χ1n) is 7.65. The second-order valence-electron chi connectivity index (χ2n) is 5.37. The van der Waals surface area contributed by atoms with Crippen molar-refractivity contribution in [3.8, 4) is 11.5 Å². The Balaban J connectivity index is 1.74. The van der Waals surface area contributed by atoms with E-state index in [9.17, 15) is 14.7 Å². The van der Waals surface area contributed by atoms with E-state index < -0.39 is 17.6 Å². The van der Waals surface area contributed by atoms with Gasteiger partial charge < -0.3 is 24.9 Å². The number of aliphatic hydroxyl groups is 1. The van der Waals surface area contributed by atoms with Gasteiger partial charge in [0.1, 0.15) is 11.1 Å². The predicted molar refractivity (Wildman–Crippen MR) is 91.3 cm³/mol. The SMILES string of the molecule is COc1ccc(C(O)CNC(=O)c2[nH]nc3nc[nH]c(=O)c23)cc1OC. The van der Waals surface area contributed by atoms with Crippen molar-refractivity contribution in [2.45, 2.75) is 6.10 Å². The maximum atomic E-state index is 12.3. The van der Waals surface area contributed by atoms with Crippen LogP contribution in [0.25, 0.3) is 11.0 Å². The largest absolute Gasteiger partial charge is 0.493 e. The van der Waals surface area contributed by atoms with Crippen LogP contribution < -0.4 is 20.3 Å². The van der Waals surface area contributed by atoms with E-state index in [4.69, 9.17) is 9.47 Å². The zero-order chi connectivity index (χ0) is 18.7. The zero-order valence-electron chi connectivity index (χ0n) is 14.1. The molecule has 0 saturated heterocycles. The number of benzene rings is 1. The number of methoxy groups -OCH3 is 2. The molecule has 10 nitrogen and oxygen atoms in total. The van der Waals surface area contributed by atoms with Gasteiger partial charge in [-0.25, -0.2) is 4.98 Å². The van der Waals surface area contributed by atoms with Crippen molar-refractivity contribution in [1.82, 2.24) is 25.5 Å². The smallest absolute Gasteiger partial charge is 0.270 e. The summed E-state index contributed by atoms with van der Waals surface area (Å²) in [6.07, 6.45) is 0.220. The summed E-state index contributed by atoms with van der Waals surface area (Å²) >= 11 is 0. The summed E-state index contributed by atoms with van der Waals surface area (Å²) in [6.45, 7) is -0.0764. The highest BCUT2D eigenvalue weighted by Crippen LogP contribution is 2.29. The average molecular weight is 359 g/mol. The van der Waals surface area contributed by atoms with Gasteiger partial charge in [-0.05, 0) is 17.7 Å². The number of nitrogens with zero attached hydrogens (tertiary/aromatic N) is 2. The van der Waals surface area contributed by atoms with E-state index >= 15 is 0 Å². The van der Waals surface area contributed by atoms with Crippen molar-refractivity contribution in [1.29, 1.82) is 0 Å². The maximum absolute atomic E-state index is 12.3. The fourth-order valence-corrected chi connectivity index (χ4v) is 2.49. The highest BCUT2D eigenvalue weighted by molar-refractivity contribution is 6.03. The first kappa shape index (κ1) is 17.4. The maximum Gasteiger partial charge on any atom is 0.270 e. The number of aromatic amines is 2. The summed E-state index contributed by atoms with van der Waals surface area (Å²) in [5, 5.41) is 19.2. The summed E-state index contributed by atoms with van der Waals surface area (Å²) in [6, 6.07) is 4.95. The van der Waals surface area contributed by atoms with Crippen LogP contribution in [-0.4, -0.2) is 51.9 Å². The third-order valence-corrected chi connectivity index (χ3v) is 3.83. The topological polar surface area (TPSA) is 142 Å². The average Bonchev–Trinajstić information content (AvgIpc) is 3.10. The number of ether oxygens (including phenoxy) is 2. The van der Waals surface area contributed by atoms with Crippen LogP contribution in [0.1, 0.15) is 22.2 Å². The first-order valence-corrected chi connectivity index (χ1v) is 7.65. The number of hydrogen-bond donors (Lipinski definition) is 4. The fraction of sp³-hybridized carbons (Fsp3) is 0.250. The van der Waals surface area contributed by atoms with Crippen LogP contribution in [0.2, 0.25) is 0 Å². The third kappa shape index (κ3) is 3.22. The summed E-state index contributed by atoms with van der Waals surface area (Å²) in [5.41, 5.74) is 0.180. The van der Waals surface area contributed by atoms with Gasteiger partial charge >= 0.3 is 0 Å². The van der Waals surface area contributed by atoms with Crippen molar-refractivity contribution in [3.05, 3.63) is 46.1 Å². The second-order valence-corrected chi connectivity index (χ2v) is 5.37. The molecule has 1 amide bonds. The molecule has 2 heterocycles. The van der Waals surface area contributed by atoms with Gasteiger partial charge in [0.25, 0.3) is 11.5 Å². The van der Waals surface area contributed by atoms with E-state index in [1.807, 2.05) is 0 Å². The summed E-state index contributed by atoms with van der Waals surface area (Å²) in [4.78, 5) is 30.4. The Morgan fingerprint density at radius 2 is 2.08 bits per heavy atom. The lowest BCUT2D eigenvalue weighted by Gasteiger charge is -2.14. The molecule has 3 rings (SSSR count). The number of aliphatic hydroxyl groups excluding tert-OH is 1. The van der Waals surface area contributed by atoms with E-state index in [0.717, 1.165) is 0 Å². The van der Waals surface area contributed by atoms with Crippen LogP contribution in [0.5, 0.6) is 11.5 Å². The molecule has 1 unspecified atom stereocenters. The molecule has 1 atom stereocenters. The number of hydrogen-bond acceptors (Lipinski definition) is 7. The molecule has 1 aromatic carbocycles. The van der Waals surface area contributed by atoms with Crippen molar-refractivity contribution in [2.75, 3.05) is 20.8 Å². The lowest BCUT2D eigenvalue weighted by Crippen LogP contribution is -2.29. The predicted octanol–water partition coefficient (Wildman–Crippen LogP) is 0.127. The first-order chi connectivity index (χ1) is 12.5. The highest BCUT2D eigenvalue weighted by atomic mass is 16.5. The van der Waals surface area contributed by atoms with Crippen molar-refractivity contribution in [3.63, 3.8) is 0 Å². The van der Waals surface area contributed by atoms with Gasteiger partial charge in [0.05, 0.1) is 26.7 Å². The van der Waals surface area contributed by atoms with Crippen LogP contribution in [-0.2, 0) is 0 Å². The summed E-state index contributed by atoms with van der Waals surface area (Å²) in [7, 11) is 3.00. The summed E-state index contributed by atoms with van der Waals surface area (Å²) < 4.78 is 10.3. The van der Waals surface area contributed by atoms with E-state index in [1.165, 1.54) is 20.5 Å². The molecule has 0 fully saturated rings. The lowest BCUT2D eigenvalue weighted by molar-refractivity contribution is 0.0912. The van der Waals surface area contributed by atoms with Gasteiger partial charge in [-0.3, -0.25) is 14.7 Å². The van der Waals surface area contributed by atoms with Crippen molar-refractivity contribution < 1.29 is 19.4 Å². The van der Waals surface area contributed by atoms with Crippen molar-refractivity contribution >= 4 is 16.9 Å². The standard InChI is InChI=1S/C16H17N5O5/c1-25-10-4-3-8(5-11(10)26-2)9(22)6-17-16(24)13-12-14(21-20-13)18-7-19-15(12)23/h3-5,7,9,22H,6H2,1-2H3,(H,17,24)(H2,18,19,20,21,23). The van der Waals surface area contributed by atoms with E-state index in [2.05, 4.69) is 25.5 Å². The number of amides is 1. The Hall–Kier alpha value is -3.40. The fourth-order valence-electron chi connectivity index (χ4n) is 2.49. The second kappa shape index (κ2) is 7.23. The van der Waals surface area contributed by atoms with Crippen LogP contribution in [0.15, 0.2) is 29.3 Å². The van der Waals surface area contributed by atoms with E-state index in [0.29, 0.717) is 17.1 Å². The number of H-pyrrole nitrogens is 2. The molecule has 136 valence electrons. The molecule has 3 aromatic rings. The van der Waals surface area contributed by atoms with Crippen LogP contribution >= 0.6 is 0 Å². The molecule has 0 aliphatic heterocycles. The van der Waals surface area contributed by atoms with Gasteiger partial charge in [0.15, 0.2) is 17.1 Å². The van der Waals surface area contributed by atoms with Crippen LogP contribution in [0.3, 0.4) is 0 Å². The monoisotopic (exact) mass is 359 g/mol. The lowest BCUT2D eigenvalue weighted by atomic mass is 10.1. The number of rotatable bonds is 6. The molecule has 0 aliphatic rings. The van der Waals surface area contributed by atoms with E-state index in [1.54, 1.807) is 18.2 Å². The molecule has 2 aromatic heterocycles. The molecule has 26 heavy (non-hydrogen) atoms. The third-order valence-electron chi connectivity index (χ3n) is 3.83. The molecular formula is C16H17N5O5. The molecule has 0 spiro atoms. The molecule has 0 radical (unpaired) electrons. The molecule has 0 bridgehead atoms. The van der Waals surface area contributed by atoms with Gasteiger partial charge in [-0.2, -0.15) is 5.10 Å². The number of aromatic nitrogens is 4. The van der Waals surface area contributed by atoms with Gasteiger partial charge in [-0.15, -0.1) is 0 Å². The molecule has 10 heteroatoms. The Labute approximate surface area is 147 Å². The van der Waals surface area contributed by atoms with Gasteiger partial charge in [-0.1, -0.05) is 6.07 Å². The van der Waals surface area contributed by atoms with E-state index in [-0.39, 0.29) is 23.3 Å². The molecule has 0 saturated carbocycles. The Morgan fingerprint density at radius 3 is 2.81 bits per heavy atom. The number of carbonyl (C=O) groups is 1. The van der Waals surface area contributed by atoms with Gasteiger partial charge in [0.2, 0.25) is 0 Å². The normalized spacial score (nSPS) is 12.0. The minimum absolute atomic E-state index is 0.0196. The Bertz CT molecular complexity index is 996. The number of carbonyl (C=O) groups excluding carboxylic acids is 1. The molecular weight excluding hydrogens is 342 g/mol. The van der Waals surface area contributed by atoms with Gasteiger partial charge in [0, 0.05) is 6.54 Å². The quantitative estimate of drug-likeness (QED) is 0.490. The Kier molecular flexibility index (Phi) is 4.85. The minimum Gasteiger partial charge on any atom is -0.493 e. The van der Waals surface area contributed by atoms with Crippen LogP contribution in [0, 0.1) is 0 Å². The number of fused-ring (bicyclic) bond motifs is 1. The Morgan fingerprint density at radius 1 is 1.31 bits per heavy atom. The van der Waals surface area contributed by atoms with Crippen LogP contribution in [0.4, 0.5) is 0 Å². The summed E-state index contributed by atoms with van der Waals surface area (Å²) in [5.74, 6) is 0.418. The molecule has 0 aliphatic carbocycles. The minimum atomic E-state index is -0.982. The number of nitrogens with one attached hydrogen (secondary N) is 3. The highest BCUT2D eigenvalue weighted by Gasteiger charge is 2.19. The molecule has 4 N–H and O–H groups in total. The zero-order valence-corrected chi connectivity index (χ0v) is 14.1.